The maximum absolute atomic E-state index is 12.2. The van der Waals surface area contributed by atoms with E-state index >= 15 is 0 Å². The summed E-state index contributed by atoms with van der Waals surface area (Å²) in [4.78, 5) is 13.9. The smallest absolute Gasteiger partial charge is 0.410 e. The molecule has 0 radical (unpaired) electrons. The standard InChI is InChI=1S/C16H23NO3/c1-12-9-17(13(2)8-15(12)10-18)16(19)20-11-14-6-4-3-5-7-14/h3-7,12-13,15,18H,8-11H2,1-2H3. The Balaban J connectivity index is 1.89. The van der Waals surface area contributed by atoms with Crippen molar-refractivity contribution in [1.82, 2.24) is 4.90 Å². The van der Waals surface area contributed by atoms with Crippen LogP contribution in [0.2, 0.25) is 0 Å². The van der Waals surface area contributed by atoms with Crippen LogP contribution in [-0.2, 0) is 11.3 Å². The van der Waals surface area contributed by atoms with Gasteiger partial charge >= 0.3 is 6.09 Å². The van der Waals surface area contributed by atoms with Gasteiger partial charge in [0, 0.05) is 19.2 Å². The Hall–Kier alpha value is -1.55. The average molecular weight is 277 g/mol. The third kappa shape index (κ3) is 3.51. The summed E-state index contributed by atoms with van der Waals surface area (Å²) in [5.74, 6) is 0.587. The van der Waals surface area contributed by atoms with Crippen LogP contribution in [0.4, 0.5) is 4.79 Å². The quantitative estimate of drug-likeness (QED) is 0.924. The summed E-state index contributed by atoms with van der Waals surface area (Å²) in [6.07, 6.45) is 0.572. The Morgan fingerprint density at radius 2 is 2.05 bits per heavy atom. The molecule has 3 atom stereocenters. The summed E-state index contributed by atoms with van der Waals surface area (Å²) < 4.78 is 5.38. The minimum absolute atomic E-state index is 0.117. The van der Waals surface area contributed by atoms with E-state index in [0.717, 1.165) is 12.0 Å². The first-order valence-electron chi connectivity index (χ1n) is 7.20. The fraction of sp³-hybridized carbons (Fsp3) is 0.562. The highest BCUT2D eigenvalue weighted by Gasteiger charge is 2.33. The number of rotatable bonds is 3. The molecule has 1 saturated heterocycles. The average Bonchev–Trinajstić information content (AvgIpc) is 2.47. The first kappa shape index (κ1) is 14.9. The molecule has 20 heavy (non-hydrogen) atoms. The molecule has 1 aromatic carbocycles. The van der Waals surface area contributed by atoms with Gasteiger partial charge < -0.3 is 14.7 Å². The number of nitrogens with zero attached hydrogens (tertiary/aromatic N) is 1. The van der Waals surface area contributed by atoms with Crippen LogP contribution in [0.1, 0.15) is 25.8 Å². The third-order valence-corrected chi connectivity index (χ3v) is 4.14. The molecule has 110 valence electrons. The van der Waals surface area contributed by atoms with E-state index < -0.39 is 0 Å². The minimum atomic E-state index is -0.260. The number of hydrogen-bond acceptors (Lipinski definition) is 3. The third-order valence-electron chi connectivity index (χ3n) is 4.14. The van der Waals surface area contributed by atoms with Crippen LogP contribution in [0.25, 0.3) is 0 Å². The van der Waals surface area contributed by atoms with E-state index in [1.807, 2.05) is 37.3 Å². The number of carbonyl (C=O) groups excluding carboxylic acids is 1. The second-order valence-electron chi connectivity index (χ2n) is 5.70. The van der Waals surface area contributed by atoms with Crippen LogP contribution in [-0.4, -0.2) is 35.3 Å². The lowest BCUT2D eigenvalue weighted by Gasteiger charge is -2.40. The van der Waals surface area contributed by atoms with Crippen molar-refractivity contribution in [1.29, 1.82) is 0 Å². The maximum Gasteiger partial charge on any atom is 0.410 e. The number of hydrogen-bond donors (Lipinski definition) is 1. The molecular weight excluding hydrogens is 254 g/mol. The molecule has 3 unspecified atom stereocenters. The SMILES string of the molecule is CC1CN(C(=O)OCc2ccccc2)C(C)CC1CO. The molecular formula is C16H23NO3. The van der Waals surface area contributed by atoms with E-state index in [2.05, 4.69) is 6.92 Å². The molecule has 1 aromatic rings. The second-order valence-corrected chi connectivity index (χ2v) is 5.70. The van der Waals surface area contributed by atoms with Crippen molar-refractivity contribution < 1.29 is 14.6 Å². The largest absolute Gasteiger partial charge is 0.445 e. The lowest BCUT2D eigenvalue weighted by molar-refractivity contribution is 0.0287. The Morgan fingerprint density at radius 1 is 1.35 bits per heavy atom. The van der Waals surface area contributed by atoms with Gasteiger partial charge in [-0.2, -0.15) is 0 Å². The summed E-state index contributed by atoms with van der Waals surface area (Å²) in [5, 5.41) is 9.32. The van der Waals surface area contributed by atoms with Crippen molar-refractivity contribution in [3.8, 4) is 0 Å². The molecule has 0 aromatic heterocycles. The molecule has 1 N–H and O–H groups in total. The van der Waals surface area contributed by atoms with Gasteiger partial charge in [0.15, 0.2) is 0 Å². The predicted molar refractivity (Wildman–Crippen MR) is 77.2 cm³/mol. The van der Waals surface area contributed by atoms with Crippen molar-refractivity contribution in [2.24, 2.45) is 11.8 Å². The zero-order chi connectivity index (χ0) is 14.5. The Labute approximate surface area is 120 Å². The highest BCUT2D eigenvalue weighted by Crippen LogP contribution is 2.27. The summed E-state index contributed by atoms with van der Waals surface area (Å²) in [7, 11) is 0. The fourth-order valence-corrected chi connectivity index (χ4v) is 2.75. The summed E-state index contributed by atoms with van der Waals surface area (Å²) in [6, 6.07) is 9.80. The second kappa shape index (κ2) is 6.75. The molecule has 0 saturated carbocycles. The number of likely N-dealkylation sites (tertiary alicyclic amines) is 1. The summed E-state index contributed by atoms with van der Waals surface area (Å²) >= 11 is 0. The zero-order valence-electron chi connectivity index (χ0n) is 12.2. The number of aliphatic hydroxyl groups excluding tert-OH is 1. The van der Waals surface area contributed by atoms with E-state index in [-0.39, 0.29) is 24.7 Å². The molecule has 1 amide bonds. The van der Waals surface area contributed by atoms with Crippen LogP contribution in [0.3, 0.4) is 0 Å². The van der Waals surface area contributed by atoms with Crippen molar-refractivity contribution in [3.05, 3.63) is 35.9 Å². The van der Waals surface area contributed by atoms with Gasteiger partial charge in [-0.3, -0.25) is 0 Å². The zero-order valence-corrected chi connectivity index (χ0v) is 12.2. The molecule has 1 aliphatic rings. The predicted octanol–water partition coefficient (Wildman–Crippen LogP) is 2.66. The number of amides is 1. The van der Waals surface area contributed by atoms with E-state index in [1.54, 1.807) is 4.90 Å². The number of carbonyl (C=O) groups is 1. The van der Waals surface area contributed by atoms with Crippen LogP contribution >= 0.6 is 0 Å². The number of benzene rings is 1. The van der Waals surface area contributed by atoms with Crippen LogP contribution in [0.15, 0.2) is 30.3 Å². The van der Waals surface area contributed by atoms with Crippen molar-refractivity contribution in [3.63, 3.8) is 0 Å². The number of ether oxygens (including phenoxy) is 1. The monoisotopic (exact) mass is 277 g/mol. The molecule has 0 bridgehead atoms. The minimum Gasteiger partial charge on any atom is -0.445 e. The molecule has 1 fully saturated rings. The molecule has 1 heterocycles. The van der Waals surface area contributed by atoms with Gasteiger partial charge in [0.05, 0.1) is 0 Å². The normalized spacial score (nSPS) is 26.4. The summed E-state index contributed by atoms with van der Waals surface area (Å²) in [5.41, 5.74) is 0.992. The van der Waals surface area contributed by atoms with Gasteiger partial charge in [0.25, 0.3) is 0 Å². The molecule has 1 aliphatic heterocycles. The van der Waals surface area contributed by atoms with E-state index in [1.165, 1.54) is 0 Å². The van der Waals surface area contributed by atoms with Gasteiger partial charge in [0.2, 0.25) is 0 Å². The Bertz CT molecular complexity index is 435. The van der Waals surface area contributed by atoms with Gasteiger partial charge in [0.1, 0.15) is 6.61 Å². The molecule has 0 aliphatic carbocycles. The highest BCUT2D eigenvalue weighted by molar-refractivity contribution is 5.68. The molecule has 4 nitrogen and oxygen atoms in total. The van der Waals surface area contributed by atoms with E-state index in [4.69, 9.17) is 4.74 Å². The van der Waals surface area contributed by atoms with Gasteiger partial charge in [-0.25, -0.2) is 4.79 Å². The van der Waals surface area contributed by atoms with Crippen LogP contribution < -0.4 is 0 Å². The topological polar surface area (TPSA) is 49.8 Å². The van der Waals surface area contributed by atoms with E-state index in [9.17, 15) is 9.90 Å². The highest BCUT2D eigenvalue weighted by atomic mass is 16.6. The first-order valence-corrected chi connectivity index (χ1v) is 7.20. The lowest BCUT2D eigenvalue weighted by atomic mass is 9.84. The van der Waals surface area contributed by atoms with Crippen molar-refractivity contribution in [2.45, 2.75) is 32.9 Å². The van der Waals surface area contributed by atoms with Gasteiger partial charge in [-0.1, -0.05) is 37.3 Å². The molecule has 4 heteroatoms. The molecule has 2 rings (SSSR count). The lowest BCUT2D eigenvalue weighted by Crippen LogP contribution is -2.49. The van der Waals surface area contributed by atoms with Crippen LogP contribution in [0, 0.1) is 11.8 Å². The Kier molecular flexibility index (Phi) is 5.01. The van der Waals surface area contributed by atoms with Crippen molar-refractivity contribution >= 4 is 6.09 Å². The number of aliphatic hydroxyl groups is 1. The first-order chi connectivity index (χ1) is 9.61. The van der Waals surface area contributed by atoms with Gasteiger partial charge in [-0.05, 0) is 30.7 Å². The van der Waals surface area contributed by atoms with E-state index in [0.29, 0.717) is 19.1 Å². The maximum atomic E-state index is 12.2. The Morgan fingerprint density at radius 3 is 2.70 bits per heavy atom. The fourth-order valence-electron chi connectivity index (χ4n) is 2.75. The molecule has 0 spiro atoms. The van der Waals surface area contributed by atoms with Crippen LogP contribution in [0.5, 0.6) is 0 Å². The van der Waals surface area contributed by atoms with Gasteiger partial charge in [-0.15, -0.1) is 0 Å². The van der Waals surface area contributed by atoms with Crippen molar-refractivity contribution in [2.75, 3.05) is 13.2 Å². The summed E-state index contributed by atoms with van der Waals surface area (Å²) in [6.45, 7) is 5.24. The number of piperidine rings is 1.